The van der Waals surface area contributed by atoms with Crippen molar-refractivity contribution >= 4 is 5.91 Å². The molecule has 0 aliphatic heterocycles. The van der Waals surface area contributed by atoms with Crippen LogP contribution in [-0.2, 0) is 11.2 Å². The first-order valence-corrected chi connectivity index (χ1v) is 7.05. The van der Waals surface area contributed by atoms with E-state index in [1.54, 1.807) is 0 Å². The molecule has 1 atom stereocenters. The van der Waals surface area contributed by atoms with Crippen LogP contribution in [0.4, 0.5) is 0 Å². The Balaban J connectivity index is 1.82. The van der Waals surface area contributed by atoms with Gasteiger partial charge in [-0.05, 0) is 31.4 Å². The summed E-state index contributed by atoms with van der Waals surface area (Å²) in [6, 6.07) is 18.4. The van der Waals surface area contributed by atoms with Crippen molar-refractivity contribution in [1.29, 1.82) is 0 Å². The topological polar surface area (TPSA) is 29.1 Å². The molecule has 0 spiro atoms. The zero-order chi connectivity index (χ0) is 14.4. The first kappa shape index (κ1) is 14.3. The zero-order valence-electron chi connectivity index (χ0n) is 12.1. The highest BCUT2D eigenvalue weighted by atomic mass is 16.1. The van der Waals surface area contributed by atoms with E-state index >= 15 is 0 Å². The summed E-state index contributed by atoms with van der Waals surface area (Å²) in [5.74, 6) is 0.0990. The lowest BCUT2D eigenvalue weighted by atomic mass is 10.1. The third-order valence-corrected chi connectivity index (χ3v) is 3.44. The molecule has 1 N–H and O–H groups in total. The second kappa shape index (κ2) is 6.90. The van der Waals surface area contributed by atoms with Gasteiger partial charge in [0, 0.05) is 6.42 Å². The number of hydrogen-bond acceptors (Lipinski definition) is 1. The fourth-order valence-electron chi connectivity index (χ4n) is 2.15. The Bertz CT molecular complexity index is 545. The maximum absolute atomic E-state index is 12.0. The molecular formula is C18H21NO. The predicted octanol–water partition coefficient (Wildman–Crippen LogP) is 3.81. The first-order chi connectivity index (χ1) is 9.65. The molecule has 0 saturated heterocycles. The maximum atomic E-state index is 12.0. The summed E-state index contributed by atoms with van der Waals surface area (Å²) >= 11 is 0. The second-order valence-corrected chi connectivity index (χ2v) is 5.19. The Morgan fingerprint density at radius 3 is 2.35 bits per heavy atom. The monoisotopic (exact) mass is 267 g/mol. The van der Waals surface area contributed by atoms with Gasteiger partial charge in [-0.15, -0.1) is 0 Å². The molecule has 0 aliphatic carbocycles. The van der Waals surface area contributed by atoms with Crippen LogP contribution < -0.4 is 5.32 Å². The number of nitrogens with one attached hydrogen (secondary N) is 1. The van der Waals surface area contributed by atoms with Crippen molar-refractivity contribution in [2.24, 2.45) is 0 Å². The molecule has 104 valence electrons. The van der Waals surface area contributed by atoms with Crippen LogP contribution in [0.5, 0.6) is 0 Å². The number of hydrogen-bond donors (Lipinski definition) is 1. The van der Waals surface area contributed by atoms with Crippen LogP contribution in [0.15, 0.2) is 54.6 Å². The van der Waals surface area contributed by atoms with Crippen LogP contribution >= 0.6 is 0 Å². The number of rotatable bonds is 5. The van der Waals surface area contributed by atoms with Crippen molar-refractivity contribution in [2.45, 2.75) is 32.7 Å². The van der Waals surface area contributed by atoms with Crippen molar-refractivity contribution in [3.05, 3.63) is 71.3 Å². The van der Waals surface area contributed by atoms with Crippen LogP contribution in [0.2, 0.25) is 0 Å². The Kier molecular flexibility index (Phi) is 4.94. The summed E-state index contributed by atoms with van der Waals surface area (Å²) in [5, 5.41) is 3.04. The predicted molar refractivity (Wildman–Crippen MR) is 82.5 cm³/mol. The number of benzene rings is 2. The van der Waals surface area contributed by atoms with Gasteiger partial charge in [0.05, 0.1) is 6.04 Å². The lowest BCUT2D eigenvalue weighted by molar-refractivity contribution is -0.121. The molecule has 20 heavy (non-hydrogen) atoms. The molecule has 0 aromatic heterocycles. The lowest BCUT2D eigenvalue weighted by Gasteiger charge is -2.14. The summed E-state index contributed by atoms with van der Waals surface area (Å²) in [6.07, 6.45) is 1.31. The molecule has 2 heteroatoms. The van der Waals surface area contributed by atoms with E-state index < -0.39 is 0 Å². The van der Waals surface area contributed by atoms with E-state index in [1.807, 2.05) is 37.3 Å². The molecule has 2 aromatic carbocycles. The molecule has 2 aromatic rings. The molecule has 1 unspecified atom stereocenters. The Hall–Kier alpha value is -2.09. The number of carbonyl (C=O) groups excluding carboxylic acids is 1. The van der Waals surface area contributed by atoms with Gasteiger partial charge in [0.15, 0.2) is 0 Å². The molecule has 0 bridgehead atoms. The van der Waals surface area contributed by atoms with Gasteiger partial charge in [-0.3, -0.25) is 4.79 Å². The van der Waals surface area contributed by atoms with E-state index in [0.29, 0.717) is 6.42 Å². The van der Waals surface area contributed by atoms with Gasteiger partial charge >= 0.3 is 0 Å². The van der Waals surface area contributed by atoms with Crippen molar-refractivity contribution in [1.82, 2.24) is 5.32 Å². The quantitative estimate of drug-likeness (QED) is 0.877. The minimum atomic E-state index is 0.0571. The molecule has 0 aliphatic rings. The molecule has 0 fully saturated rings. The molecule has 0 heterocycles. The summed E-state index contributed by atoms with van der Waals surface area (Å²) in [4.78, 5) is 12.0. The second-order valence-electron chi connectivity index (χ2n) is 5.19. The first-order valence-electron chi connectivity index (χ1n) is 7.05. The average molecular weight is 267 g/mol. The highest BCUT2D eigenvalue weighted by Gasteiger charge is 2.08. The molecule has 0 saturated carbocycles. The van der Waals surface area contributed by atoms with Crippen LogP contribution in [0.3, 0.4) is 0 Å². The SMILES string of the molecule is Cc1ccc(CCC(=O)NC(C)c2ccccc2)cc1. The Labute approximate surface area is 120 Å². The van der Waals surface area contributed by atoms with Crippen molar-refractivity contribution in [3.63, 3.8) is 0 Å². The van der Waals surface area contributed by atoms with Gasteiger partial charge in [0.1, 0.15) is 0 Å². The fraction of sp³-hybridized carbons (Fsp3) is 0.278. The van der Waals surface area contributed by atoms with Crippen LogP contribution in [0, 0.1) is 6.92 Å². The number of amides is 1. The van der Waals surface area contributed by atoms with Gasteiger partial charge in [-0.1, -0.05) is 60.2 Å². The van der Waals surface area contributed by atoms with Crippen LogP contribution in [-0.4, -0.2) is 5.91 Å². The van der Waals surface area contributed by atoms with Gasteiger partial charge in [0.25, 0.3) is 0 Å². The van der Waals surface area contributed by atoms with Gasteiger partial charge in [-0.2, -0.15) is 0 Å². The van der Waals surface area contributed by atoms with Gasteiger partial charge in [0.2, 0.25) is 5.91 Å². The lowest BCUT2D eigenvalue weighted by Crippen LogP contribution is -2.26. The van der Waals surface area contributed by atoms with E-state index in [4.69, 9.17) is 0 Å². The summed E-state index contributed by atoms with van der Waals surface area (Å²) < 4.78 is 0. The summed E-state index contributed by atoms with van der Waals surface area (Å²) in [5.41, 5.74) is 3.59. The molecular weight excluding hydrogens is 246 g/mol. The van der Waals surface area contributed by atoms with Crippen molar-refractivity contribution in [3.8, 4) is 0 Å². The smallest absolute Gasteiger partial charge is 0.220 e. The number of aryl methyl sites for hydroxylation is 2. The van der Waals surface area contributed by atoms with Gasteiger partial charge < -0.3 is 5.32 Å². The van der Waals surface area contributed by atoms with Crippen molar-refractivity contribution < 1.29 is 4.79 Å². The summed E-state index contributed by atoms with van der Waals surface area (Å²) in [7, 11) is 0. The van der Waals surface area contributed by atoms with E-state index in [2.05, 4.69) is 36.5 Å². The van der Waals surface area contributed by atoms with Crippen LogP contribution in [0.25, 0.3) is 0 Å². The van der Waals surface area contributed by atoms with E-state index in [1.165, 1.54) is 11.1 Å². The molecule has 1 amide bonds. The van der Waals surface area contributed by atoms with Crippen molar-refractivity contribution in [2.75, 3.05) is 0 Å². The Morgan fingerprint density at radius 1 is 1.05 bits per heavy atom. The Morgan fingerprint density at radius 2 is 1.70 bits per heavy atom. The van der Waals surface area contributed by atoms with E-state index in [9.17, 15) is 4.79 Å². The fourth-order valence-corrected chi connectivity index (χ4v) is 2.15. The van der Waals surface area contributed by atoms with E-state index in [-0.39, 0.29) is 11.9 Å². The third-order valence-electron chi connectivity index (χ3n) is 3.44. The normalized spacial score (nSPS) is 11.9. The van der Waals surface area contributed by atoms with Gasteiger partial charge in [-0.25, -0.2) is 0 Å². The highest BCUT2D eigenvalue weighted by Crippen LogP contribution is 2.12. The zero-order valence-corrected chi connectivity index (χ0v) is 12.1. The molecule has 0 radical (unpaired) electrons. The standard InChI is InChI=1S/C18H21NO/c1-14-8-10-16(11-9-14)12-13-18(20)19-15(2)17-6-4-3-5-7-17/h3-11,15H,12-13H2,1-2H3,(H,19,20). The summed E-state index contributed by atoms with van der Waals surface area (Å²) in [6.45, 7) is 4.08. The average Bonchev–Trinajstić information content (AvgIpc) is 2.47. The van der Waals surface area contributed by atoms with Crippen LogP contribution in [0.1, 0.15) is 36.1 Å². The minimum absolute atomic E-state index is 0.0571. The maximum Gasteiger partial charge on any atom is 0.220 e. The van der Waals surface area contributed by atoms with E-state index in [0.717, 1.165) is 12.0 Å². The minimum Gasteiger partial charge on any atom is -0.350 e. The third kappa shape index (κ3) is 4.23. The highest BCUT2D eigenvalue weighted by molar-refractivity contribution is 5.76. The largest absolute Gasteiger partial charge is 0.350 e. The molecule has 2 nitrogen and oxygen atoms in total. The number of carbonyl (C=O) groups is 1. The molecule has 2 rings (SSSR count).